The van der Waals surface area contributed by atoms with Crippen molar-refractivity contribution in [2.45, 2.75) is 32.7 Å². The van der Waals surface area contributed by atoms with Gasteiger partial charge in [-0.1, -0.05) is 0 Å². The first-order valence-corrected chi connectivity index (χ1v) is 9.31. The lowest BCUT2D eigenvalue weighted by molar-refractivity contribution is -0.141. The molecule has 22 heavy (non-hydrogen) atoms. The van der Waals surface area contributed by atoms with Crippen molar-refractivity contribution in [2.24, 2.45) is 5.41 Å². The molecule has 0 aliphatic carbocycles. The van der Waals surface area contributed by atoms with Gasteiger partial charge in [-0.15, -0.1) is 0 Å². The van der Waals surface area contributed by atoms with E-state index in [1.165, 1.54) is 0 Å². The maximum Gasteiger partial charge on any atom is 0.235 e. The van der Waals surface area contributed by atoms with Crippen LogP contribution in [0.2, 0.25) is 0 Å². The van der Waals surface area contributed by atoms with Crippen LogP contribution in [0.5, 0.6) is 0 Å². The van der Waals surface area contributed by atoms with E-state index in [1.807, 2.05) is 19.0 Å². The molecule has 7 nitrogen and oxygen atoms in total. The van der Waals surface area contributed by atoms with Crippen molar-refractivity contribution in [3.63, 3.8) is 0 Å². The molecular formula is C14H27N3O4S. The van der Waals surface area contributed by atoms with E-state index in [2.05, 4.69) is 10.6 Å². The molecule has 2 N–H and O–H groups in total. The van der Waals surface area contributed by atoms with E-state index in [-0.39, 0.29) is 17.4 Å². The third-order valence-electron chi connectivity index (χ3n) is 3.77. The van der Waals surface area contributed by atoms with Crippen molar-refractivity contribution < 1.29 is 18.0 Å². The molecule has 8 heteroatoms. The van der Waals surface area contributed by atoms with Crippen molar-refractivity contribution in [1.82, 2.24) is 15.5 Å². The first-order chi connectivity index (χ1) is 10.0. The van der Waals surface area contributed by atoms with Crippen molar-refractivity contribution >= 4 is 21.7 Å². The van der Waals surface area contributed by atoms with Crippen LogP contribution >= 0.6 is 0 Å². The number of hydrogen-bond donors (Lipinski definition) is 2. The Kier molecular flexibility index (Phi) is 6.37. The minimum Gasteiger partial charge on any atom is -0.355 e. The summed E-state index contributed by atoms with van der Waals surface area (Å²) in [6.07, 6.45) is 1.21. The molecule has 1 atom stereocenters. The number of carbonyl (C=O) groups is 2. The zero-order chi connectivity index (χ0) is 17.0. The Morgan fingerprint density at radius 1 is 1.23 bits per heavy atom. The molecule has 128 valence electrons. The summed E-state index contributed by atoms with van der Waals surface area (Å²) < 4.78 is 22.8. The predicted octanol–water partition coefficient (Wildman–Crippen LogP) is -0.616. The van der Waals surface area contributed by atoms with Crippen LogP contribution in [0, 0.1) is 5.41 Å². The molecule has 0 aromatic heterocycles. The Balaban J connectivity index is 2.46. The van der Waals surface area contributed by atoms with Gasteiger partial charge in [-0.3, -0.25) is 9.59 Å². The molecule has 1 rings (SSSR count). The molecule has 0 saturated carbocycles. The Morgan fingerprint density at radius 3 is 2.36 bits per heavy atom. The first kappa shape index (κ1) is 18.9. The van der Waals surface area contributed by atoms with Gasteiger partial charge < -0.3 is 15.5 Å². The maximum absolute atomic E-state index is 12.2. The van der Waals surface area contributed by atoms with Crippen LogP contribution in [-0.2, 0) is 19.4 Å². The van der Waals surface area contributed by atoms with Gasteiger partial charge in [-0.25, -0.2) is 8.42 Å². The average Bonchev–Trinajstić information content (AvgIpc) is 2.73. The molecule has 0 aromatic rings. The van der Waals surface area contributed by atoms with E-state index in [4.69, 9.17) is 0 Å². The SMILES string of the molecule is CN(C)CCCNC(=O)C(C)(C)C(=O)NC1CCS(=O)(=O)C1. The molecule has 1 aliphatic heterocycles. The fourth-order valence-corrected chi connectivity index (χ4v) is 3.87. The largest absolute Gasteiger partial charge is 0.355 e. The number of sulfone groups is 1. The van der Waals surface area contributed by atoms with Crippen LogP contribution in [0.25, 0.3) is 0 Å². The number of hydrogen-bond acceptors (Lipinski definition) is 5. The second-order valence-corrected chi connectivity index (χ2v) is 8.84. The smallest absolute Gasteiger partial charge is 0.235 e. The second-order valence-electron chi connectivity index (χ2n) is 6.61. The summed E-state index contributed by atoms with van der Waals surface area (Å²) in [5.74, 6) is -0.724. The fraction of sp³-hybridized carbons (Fsp3) is 0.857. The monoisotopic (exact) mass is 333 g/mol. The third-order valence-corrected chi connectivity index (χ3v) is 5.54. The molecule has 1 aliphatic rings. The van der Waals surface area contributed by atoms with Gasteiger partial charge in [-0.05, 0) is 47.3 Å². The number of rotatable bonds is 7. The van der Waals surface area contributed by atoms with Crippen LogP contribution in [-0.4, -0.2) is 69.9 Å². The van der Waals surface area contributed by atoms with E-state index in [9.17, 15) is 18.0 Å². The third kappa shape index (κ3) is 5.57. The standard InChI is InChI=1S/C14H27N3O4S/c1-14(2,12(18)15-7-5-8-17(3)4)13(19)16-11-6-9-22(20,21)10-11/h11H,5-10H2,1-4H3,(H,15,18)(H,16,19). The molecular weight excluding hydrogens is 306 g/mol. The van der Waals surface area contributed by atoms with Gasteiger partial charge in [0.15, 0.2) is 9.84 Å². The molecule has 1 fully saturated rings. The molecule has 0 aromatic carbocycles. The minimum absolute atomic E-state index is 0.0424. The van der Waals surface area contributed by atoms with Gasteiger partial charge >= 0.3 is 0 Å². The zero-order valence-electron chi connectivity index (χ0n) is 13.8. The van der Waals surface area contributed by atoms with E-state index in [0.29, 0.717) is 13.0 Å². The summed E-state index contributed by atoms with van der Waals surface area (Å²) in [5.41, 5.74) is -1.22. The lowest BCUT2D eigenvalue weighted by Gasteiger charge is -2.24. The lowest BCUT2D eigenvalue weighted by Crippen LogP contribution is -2.51. The topological polar surface area (TPSA) is 95.6 Å². The highest BCUT2D eigenvalue weighted by Gasteiger charge is 2.38. The molecule has 0 spiro atoms. The normalized spacial score (nSPS) is 20.9. The summed E-state index contributed by atoms with van der Waals surface area (Å²) in [4.78, 5) is 26.4. The van der Waals surface area contributed by atoms with Gasteiger partial charge in [0.25, 0.3) is 0 Å². The van der Waals surface area contributed by atoms with Crippen molar-refractivity contribution in [3.05, 3.63) is 0 Å². The van der Waals surface area contributed by atoms with Crippen LogP contribution in [0.1, 0.15) is 26.7 Å². The summed E-state index contributed by atoms with van der Waals surface area (Å²) in [5, 5.41) is 5.43. The summed E-state index contributed by atoms with van der Waals surface area (Å²) >= 11 is 0. The highest BCUT2D eigenvalue weighted by atomic mass is 32.2. The van der Waals surface area contributed by atoms with Crippen LogP contribution < -0.4 is 10.6 Å². The van der Waals surface area contributed by atoms with Gasteiger partial charge in [0.05, 0.1) is 11.5 Å². The predicted molar refractivity (Wildman–Crippen MR) is 85.2 cm³/mol. The Labute approximate surface area is 132 Å². The number of carbonyl (C=O) groups excluding carboxylic acids is 2. The number of nitrogens with one attached hydrogen (secondary N) is 2. The average molecular weight is 333 g/mol. The minimum atomic E-state index is -3.05. The molecule has 1 heterocycles. The molecule has 1 saturated heterocycles. The molecule has 0 radical (unpaired) electrons. The Hall–Kier alpha value is -1.15. The maximum atomic E-state index is 12.2. The highest BCUT2D eigenvalue weighted by Crippen LogP contribution is 2.18. The summed E-state index contributed by atoms with van der Waals surface area (Å²) in [6.45, 7) is 4.46. The highest BCUT2D eigenvalue weighted by molar-refractivity contribution is 7.91. The lowest BCUT2D eigenvalue weighted by atomic mass is 9.90. The zero-order valence-corrected chi connectivity index (χ0v) is 14.6. The second kappa shape index (κ2) is 7.41. The van der Waals surface area contributed by atoms with Gasteiger partial charge in [0, 0.05) is 12.6 Å². The van der Waals surface area contributed by atoms with Crippen LogP contribution in [0.15, 0.2) is 0 Å². The first-order valence-electron chi connectivity index (χ1n) is 7.49. The van der Waals surface area contributed by atoms with Gasteiger partial charge in [0.1, 0.15) is 5.41 Å². The molecule has 2 amide bonds. The van der Waals surface area contributed by atoms with E-state index in [1.54, 1.807) is 13.8 Å². The summed E-state index contributed by atoms with van der Waals surface area (Å²) in [6, 6.07) is -0.390. The van der Waals surface area contributed by atoms with Crippen molar-refractivity contribution in [1.29, 1.82) is 0 Å². The Bertz CT molecular complexity index is 514. The van der Waals surface area contributed by atoms with Crippen molar-refractivity contribution in [3.8, 4) is 0 Å². The van der Waals surface area contributed by atoms with Gasteiger partial charge in [-0.2, -0.15) is 0 Å². The van der Waals surface area contributed by atoms with Gasteiger partial charge in [0.2, 0.25) is 11.8 Å². The quantitative estimate of drug-likeness (QED) is 0.478. The Morgan fingerprint density at radius 2 is 1.86 bits per heavy atom. The van der Waals surface area contributed by atoms with Crippen LogP contribution in [0.4, 0.5) is 0 Å². The van der Waals surface area contributed by atoms with E-state index in [0.717, 1.165) is 13.0 Å². The summed E-state index contributed by atoms with van der Waals surface area (Å²) in [7, 11) is 0.854. The molecule has 1 unspecified atom stereocenters. The number of nitrogens with zero attached hydrogens (tertiary/aromatic N) is 1. The van der Waals surface area contributed by atoms with Crippen molar-refractivity contribution in [2.75, 3.05) is 38.7 Å². The van der Waals surface area contributed by atoms with E-state index >= 15 is 0 Å². The fourth-order valence-electron chi connectivity index (χ4n) is 2.20. The van der Waals surface area contributed by atoms with E-state index < -0.39 is 27.2 Å². The number of amides is 2. The molecule has 0 bridgehead atoms. The van der Waals surface area contributed by atoms with Crippen LogP contribution in [0.3, 0.4) is 0 Å².